The molecule has 0 unspecified atom stereocenters. The number of thiazole rings is 1. The Balaban J connectivity index is 1.82. The van der Waals surface area contributed by atoms with Gasteiger partial charge in [-0.15, -0.1) is 11.3 Å². The molecule has 2 aromatic rings. The molecule has 0 spiro atoms. The van der Waals surface area contributed by atoms with Gasteiger partial charge in [0, 0.05) is 30.1 Å². The van der Waals surface area contributed by atoms with Gasteiger partial charge in [0.15, 0.2) is 0 Å². The van der Waals surface area contributed by atoms with Crippen LogP contribution in [0.5, 0.6) is 0 Å². The van der Waals surface area contributed by atoms with Crippen LogP contribution in [-0.4, -0.2) is 15.8 Å². The quantitative estimate of drug-likeness (QED) is 0.814. The summed E-state index contributed by atoms with van der Waals surface area (Å²) in [6, 6.07) is 5.76. The van der Waals surface area contributed by atoms with Gasteiger partial charge in [-0.2, -0.15) is 0 Å². The molecule has 0 aliphatic carbocycles. The molecule has 0 aromatic carbocycles. The van der Waals surface area contributed by atoms with Gasteiger partial charge in [0.25, 0.3) is 0 Å². The van der Waals surface area contributed by atoms with E-state index in [-0.39, 0.29) is 5.78 Å². The van der Waals surface area contributed by atoms with Crippen LogP contribution in [0.15, 0.2) is 29.8 Å². The highest BCUT2D eigenvalue weighted by Gasteiger charge is 2.07. The molecule has 4 heteroatoms. The molecule has 0 amide bonds. The number of carbonyl (C=O) groups excluding carboxylic acids is 1. The number of carbonyl (C=O) groups is 1. The molecule has 0 N–H and O–H groups in total. The van der Waals surface area contributed by atoms with Crippen molar-refractivity contribution >= 4 is 17.1 Å². The van der Waals surface area contributed by atoms with E-state index >= 15 is 0 Å². The van der Waals surface area contributed by atoms with Gasteiger partial charge in [-0.25, -0.2) is 4.98 Å². The first-order valence-electron chi connectivity index (χ1n) is 5.56. The van der Waals surface area contributed by atoms with Crippen LogP contribution in [0, 0.1) is 6.92 Å². The van der Waals surface area contributed by atoms with Crippen molar-refractivity contribution in [1.82, 2.24) is 9.97 Å². The molecule has 0 atom stereocenters. The van der Waals surface area contributed by atoms with Gasteiger partial charge in [0.05, 0.1) is 10.7 Å². The summed E-state index contributed by atoms with van der Waals surface area (Å²) in [7, 11) is 0. The highest BCUT2D eigenvalue weighted by molar-refractivity contribution is 7.09. The summed E-state index contributed by atoms with van der Waals surface area (Å²) >= 11 is 1.59. The monoisotopic (exact) mass is 246 g/mol. The standard InChI is InChI=1S/C13H14N2OS/c1-10-15-12(9-17-10)8-13(16)6-5-11-4-2-3-7-14-11/h2-4,7,9H,5-6,8H2,1H3. The van der Waals surface area contributed by atoms with Gasteiger partial charge in [-0.1, -0.05) is 6.07 Å². The minimum absolute atomic E-state index is 0.223. The van der Waals surface area contributed by atoms with Crippen LogP contribution >= 0.6 is 11.3 Å². The summed E-state index contributed by atoms with van der Waals surface area (Å²) < 4.78 is 0. The van der Waals surface area contributed by atoms with Crippen molar-refractivity contribution in [2.24, 2.45) is 0 Å². The molecule has 0 fully saturated rings. The second-order valence-electron chi connectivity index (χ2n) is 3.89. The third kappa shape index (κ3) is 3.75. The lowest BCUT2D eigenvalue weighted by Gasteiger charge is -1.99. The molecule has 0 bridgehead atoms. The number of nitrogens with zero attached hydrogens (tertiary/aromatic N) is 2. The maximum atomic E-state index is 11.7. The molecule has 0 saturated heterocycles. The van der Waals surface area contributed by atoms with E-state index in [1.807, 2.05) is 30.5 Å². The van der Waals surface area contributed by atoms with Crippen LogP contribution in [0.25, 0.3) is 0 Å². The Labute approximate surface area is 105 Å². The predicted molar refractivity (Wildman–Crippen MR) is 68.1 cm³/mol. The molecule has 2 aromatic heterocycles. The molecular weight excluding hydrogens is 232 g/mol. The van der Waals surface area contributed by atoms with Crippen molar-refractivity contribution in [3.05, 3.63) is 46.2 Å². The lowest BCUT2D eigenvalue weighted by molar-refractivity contribution is -0.118. The first kappa shape index (κ1) is 11.9. The number of hydrogen-bond donors (Lipinski definition) is 0. The highest BCUT2D eigenvalue weighted by Crippen LogP contribution is 2.10. The lowest BCUT2D eigenvalue weighted by atomic mass is 10.1. The number of Topliss-reactive ketones (excluding diaryl/α,β-unsaturated/α-hetero) is 1. The Bertz CT molecular complexity index is 493. The van der Waals surface area contributed by atoms with Gasteiger partial charge in [0.1, 0.15) is 5.78 Å². The van der Waals surface area contributed by atoms with E-state index in [0.717, 1.165) is 16.4 Å². The molecule has 2 rings (SSSR count). The zero-order valence-electron chi connectivity index (χ0n) is 9.72. The van der Waals surface area contributed by atoms with Gasteiger partial charge in [0.2, 0.25) is 0 Å². The van der Waals surface area contributed by atoms with Crippen LogP contribution in [0.1, 0.15) is 22.8 Å². The maximum Gasteiger partial charge on any atom is 0.139 e. The summed E-state index contributed by atoms with van der Waals surface area (Å²) in [5.41, 5.74) is 1.86. The number of aromatic nitrogens is 2. The van der Waals surface area contributed by atoms with Gasteiger partial charge in [-0.05, 0) is 25.5 Å². The summed E-state index contributed by atoms with van der Waals surface area (Å²) in [4.78, 5) is 20.2. The first-order valence-corrected chi connectivity index (χ1v) is 6.44. The van der Waals surface area contributed by atoms with Crippen molar-refractivity contribution in [2.45, 2.75) is 26.2 Å². The average Bonchev–Trinajstić information content (AvgIpc) is 2.73. The van der Waals surface area contributed by atoms with E-state index in [2.05, 4.69) is 9.97 Å². The van der Waals surface area contributed by atoms with E-state index < -0.39 is 0 Å². The fourth-order valence-corrected chi connectivity index (χ4v) is 2.21. The fraction of sp³-hybridized carbons (Fsp3) is 0.308. The van der Waals surface area contributed by atoms with Crippen LogP contribution < -0.4 is 0 Å². The molecule has 2 heterocycles. The van der Waals surface area contributed by atoms with E-state index in [9.17, 15) is 4.79 Å². The predicted octanol–water partition coefficient (Wildman–Crippen LogP) is 2.59. The van der Waals surface area contributed by atoms with Crippen LogP contribution in [0.3, 0.4) is 0 Å². The van der Waals surface area contributed by atoms with E-state index in [1.54, 1.807) is 17.5 Å². The summed E-state index contributed by atoms with van der Waals surface area (Å²) in [6.07, 6.45) is 3.44. The SMILES string of the molecule is Cc1nc(CC(=O)CCc2ccccn2)cs1. The van der Waals surface area contributed by atoms with Gasteiger partial charge >= 0.3 is 0 Å². The highest BCUT2D eigenvalue weighted by atomic mass is 32.1. The summed E-state index contributed by atoms with van der Waals surface area (Å²) in [6.45, 7) is 1.95. The van der Waals surface area contributed by atoms with E-state index in [0.29, 0.717) is 19.3 Å². The lowest BCUT2D eigenvalue weighted by Crippen LogP contribution is -2.05. The Hall–Kier alpha value is -1.55. The first-order chi connectivity index (χ1) is 8.24. The zero-order valence-corrected chi connectivity index (χ0v) is 10.5. The molecule has 0 aliphatic rings. The number of hydrogen-bond acceptors (Lipinski definition) is 4. The Morgan fingerprint density at radius 3 is 2.88 bits per heavy atom. The molecule has 0 aliphatic heterocycles. The van der Waals surface area contributed by atoms with E-state index in [1.165, 1.54) is 0 Å². The summed E-state index contributed by atoms with van der Waals surface area (Å²) in [5, 5.41) is 2.96. The molecule has 88 valence electrons. The number of pyridine rings is 1. The second-order valence-corrected chi connectivity index (χ2v) is 4.96. The fourth-order valence-electron chi connectivity index (χ4n) is 1.59. The Morgan fingerprint density at radius 1 is 1.35 bits per heavy atom. The van der Waals surface area contributed by atoms with Crippen molar-refractivity contribution in [1.29, 1.82) is 0 Å². The number of aryl methyl sites for hydroxylation is 2. The Morgan fingerprint density at radius 2 is 2.24 bits per heavy atom. The minimum atomic E-state index is 0.223. The largest absolute Gasteiger partial charge is 0.299 e. The smallest absolute Gasteiger partial charge is 0.139 e. The van der Waals surface area contributed by atoms with Crippen LogP contribution in [0.2, 0.25) is 0 Å². The molecular formula is C13H14N2OS. The third-order valence-electron chi connectivity index (χ3n) is 2.43. The third-order valence-corrected chi connectivity index (χ3v) is 3.25. The Kier molecular flexibility index (Phi) is 3.98. The maximum absolute atomic E-state index is 11.7. The van der Waals surface area contributed by atoms with E-state index in [4.69, 9.17) is 0 Å². The van der Waals surface area contributed by atoms with Crippen LogP contribution in [0.4, 0.5) is 0 Å². The van der Waals surface area contributed by atoms with Crippen molar-refractivity contribution in [3.63, 3.8) is 0 Å². The van der Waals surface area contributed by atoms with Crippen molar-refractivity contribution in [2.75, 3.05) is 0 Å². The van der Waals surface area contributed by atoms with Crippen LogP contribution in [-0.2, 0) is 17.6 Å². The van der Waals surface area contributed by atoms with Crippen molar-refractivity contribution < 1.29 is 4.79 Å². The number of ketones is 1. The number of rotatable bonds is 5. The molecule has 0 saturated carbocycles. The molecule has 17 heavy (non-hydrogen) atoms. The zero-order chi connectivity index (χ0) is 12.1. The molecule has 0 radical (unpaired) electrons. The average molecular weight is 246 g/mol. The van der Waals surface area contributed by atoms with Crippen molar-refractivity contribution in [3.8, 4) is 0 Å². The normalized spacial score (nSPS) is 10.4. The minimum Gasteiger partial charge on any atom is -0.299 e. The second kappa shape index (κ2) is 5.68. The van der Waals surface area contributed by atoms with Gasteiger partial charge < -0.3 is 0 Å². The molecule has 3 nitrogen and oxygen atoms in total. The topological polar surface area (TPSA) is 42.9 Å². The summed E-state index contributed by atoms with van der Waals surface area (Å²) in [5.74, 6) is 0.223. The van der Waals surface area contributed by atoms with Gasteiger partial charge in [-0.3, -0.25) is 9.78 Å².